The molecule has 2 heterocycles. The highest BCUT2D eigenvalue weighted by molar-refractivity contribution is 5.83. The van der Waals surface area contributed by atoms with Gasteiger partial charge < -0.3 is 10.0 Å². The number of aliphatic carboxylic acids is 1. The monoisotopic (exact) mass is 319 g/mol. The zero-order chi connectivity index (χ0) is 16.5. The molecule has 2 aromatic carbocycles. The van der Waals surface area contributed by atoms with Gasteiger partial charge in [0.15, 0.2) is 0 Å². The molecule has 0 radical (unpaired) electrons. The molecule has 1 saturated heterocycles. The number of allylic oxidation sites excluding steroid dienone is 1. The number of nitrogens with zero attached hydrogens (tertiary/aromatic N) is 1. The molecule has 24 heavy (non-hydrogen) atoms. The van der Waals surface area contributed by atoms with E-state index in [1.165, 1.54) is 18.5 Å². The van der Waals surface area contributed by atoms with Crippen molar-refractivity contribution < 1.29 is 9.90 Å². The van der Waals surface area contributed by atoms with E-state index in [1.807, 2.05) is 48.5 Å². The van der Waals surface area contributed by atoms with Crippen LogP contribution < -0.4 is 0 Å². The fraction of sp³-hybridized carbons (Fsp3) is 0.286. The molecule has 2 aromatic rings. The normalized spacial score (nSPS) is 20.6. The van der Waals surface area contributed by atoms with E-state index in [4.69, 9.17) is 0 Å². The highest BCUT2D eigenvalue weighted by atomic mass is 16.4. The van der Waals surface area contributed by atoms with Crippen LogP contribution >= 0.6 is 0 Å². The average Bonchev–Trinajstić information content (AvgIpc) is 2.57. The van der Waals surface area contributed by atoms with Crippen molar-refractivity contribution in [2.75, 3.05) is 6.54 Å². The van der Waals surface area contributed by atoms with Crippen LogP contribution in [0.2, 0.25) is 0 Å². The number of fused-ring (bicyclic) bond motifs is 1. The smallest absolute Gasteiger partial charge is 0.315 e. The van der Waals surface area contributed by atoms with Gasteiger partial charge >= 0.3 is 5.97 Å². The van der Waals surface area contributed by atoms with Crippen molar-refractivity contribution in [1.82, 2.24) is 4.90 Å². The first-order valence-corrected chi connectivity index (χ1v) is 8.59. The number of carbonyl (C=O) groups is 1. The molecule has 3 heteroatoms. The maximum Gasteiger partial charge on any atom is 0.315 e. The zero-order valence-electron chi connectivity index (χ0n) is 13.6. The number of hydrogen-bond donors (Lipinski definition) is 1. The van der Waals surface area contributed by atoms with Crippen LogP contribution in [0.15, 0.2) is 60.7 Å². The topological polar surface area (TPSA) is 40.5 Å². The minimum atomic E-state index is -0.801. The standard InChI is InChI=1S/C21H21NO2/c23-21(24)20(15-7-2-1-3-8-15)18-11-5-4-10-17(18)19-12-6-9-16-13-14-22(16)19/h1-5,7-8,10-12,16,20H,6,9,13-14H2,(H,23,24). The van der Waals surface area contributed by atoms with Crippen molar-refractivity contribution in [3.05, 3.63) is 77.4 Å². The Hall–Kier alpha value is -2.55. The van der Waals surface area contributed by atoms with E-state index in [-0.39, 0.29) is 0 Å². The largest absolute Gasteiger partial charge is 0.481 e. The summed E-state index contributed by atoms with van der Waals surface area (Å²) in [4.78, 5) is 14.5. The van der Waals surface area contributed by atoms with Crippen LogP contribution in [0.3, 0.4) is 0 Å². The molecule has 1 fully saturated rings. The molecule has 2 aliphatic rings. The van der Waals surface area contributed by atoms with Crippen molar-refractivity contribution in [2.24, 2.45) is 0 Å². The Balaban J connectivity index is 1.81. The summed E-state index contributed by atoms with van der Waals surface area (Å²) in [5, 5.41) is 9.90. The van der Waals surface area contributed by atoms with Crippen LogP contribution in [0.25, 0.3) is 5.70 Å². The van der Waals surface area contributed by atoms with E-state index in [0.717, 1.165) is 29.7 Å². The molecule has 0 bridgehead atoms. The fourth-order valence-electron chi connectivity index (χ4n) is 3.94. The van der Waals surface area contributed by atoms with E-state index in [0.29, 0.717) is 6.04 Å². The summed E-state index contributed by atoms with van der Waals surface area (Å²) < 4.78 is 0. The lowest BCUT2D eigenvalue weighted by molar-refractivity contribution is -0.137. The van der Waals surface area contributed by atoms with Gasteiger partial charge in [0.05, 0.1) is 0 Å². The van der Waals surface area contributed by atoms with Crippen LogP contribution in [0.4, 0.5) is 0 Å². The van der Waals surface area contributed by atoms with Gasteiger partial charge in [0, 0.05) is 23.8 Å². The number of carboxylic acid groups (broad SMARTS) is 1. The third-order valence-electron chi connectivity index (χ3n) is 5.22. The SMILES string of the molecule is O=C(O)C(c1ccccc1)c1ccccc1C1=CCCC2CCN12. The first-order valence-electron chi connectivity index (χ1n) is 8.59. The molecule has 122 valence electrons. The summed E-state index contributed by atoms with van der Waals surface area (Å²) in [6, 6.07) is 18.1. The van der Waals surface area contributed by atoms with Crippen LogP contribution in [0.5, 0.6) is 0 Å². The molecule has 1 N–H and O–H groups in total. The number of rotatable bonds is 4. The Kier molecular flexibility index (Phi) is 3.85. The molecular formula is C21H21NO2. The van der Waals surface area contributed by atoms with E-state index < -0.39 is 11.9 Å². The molecule has 2 unspecified atom stereocenters. The predicted octanol–water partition coefficient (Wildman–Crippen LogP) is 4.11. The molecule has 0 aromatic heterocycles. The Morgan fingerprint density at radius 2 is 1.79 bits per heavy atom. The van der Waals surface area contributed by atoms with Crippen molar-refractivity contribution in [2.45, 2.75) is 31.2 Å². The van der Waals surface area contributed by atoms with E-state index in [9.17, 15) is 9.90 Å². The first kappa shape index (κ1) is 15.0. The lowest BCUT2D eigenvalue weighted by Gasteiger charge is -2.47. The molecule has 2 atom stereocenters. The first-order chi connectivity index (χ1) is 11.8. The molecule has 4 rings (SSSR count). The Bertz CT molecular complexity index is 781. The molecule has 0 spiro atoms. The van der Waals surface area contributed by atoms with Gasteiger partial charge in [-0.25, -0.2) is 0 Å². The van der Waals surface area contributed by atoms with Crippen molar-refractivity contribution in [3.63, 3.8) is 0 Å². The zero-order valence-corrected chi connectivity index (χ0v) is 13.6. The molecule has 2 aliphatic heterocycles. The molecular weight excluding hydrogens is 298 g/mol. The summed E-state index contributed by atoms with van der Waals surface area (Å²) in [5.41, 5.74) is 4.00. The average molecular weight is 319 g/mol. The minimum absolute atomic E-state index is 0.634. The second-order valence-corrected chi connectivity index (χ2v) is 6.57. The number of hydrogen-bond acceptors (Lipinski definition) is 2. The summed E-state index contributed by atoms with van der Waals surface area (Å²) in [5.74, 6) is -1.44. The van der Waals surface area contributed by atoms with E-state index in [2.05, 4.69) is 17.0 Å². The second-order valence-electron chi connectivity index (χ2n) is 6.57. The van der Waals surface area contributed by atoms with E-state index >= 15 is 0 Å². The maximum atomic E-state index is 12.1. The fourth-order valence-corrected chi connectivity index (χ4v) is 3.94. The van der Waals surface area contributed by atoms with Crippen molar-refractivity contribution in [1.29, 1.82) is 0 Å². The third kappa shape index (κ3) is 2.50. The number of carboxylic acids is 1. The van der Waals surface area contributed by atoms with Gasteiger partial charge in [0.25, 0.3) is 0 Å². The Morgan fingerprint density at radius 3 is 2.50 bits per heavy atom. The second kappa shape index (κ2) is 6.16. The van der Waals surface area contributed by atoms with Gasteiger partial charge in [-0.1, -0.05) is 60.7 Å². The van der Waals surface area contributed by atoms with Gasteiger partial charge in [0.1, 0.15) is 5.92 Å². The summed E-state index contributed by atoms with van der Waals surface area (Å²) in [6.45, 7) is 1.08. The van der Waals surface area contributed by atoms with Crippen LogP contribution in [0.1, 0.15) is 41.9 Å². The van der Waals surface area contributed by atoms with Crippen molar-refractivity contribution >= 4 is 11.7 Å². The molecule has 0 amide bonds. The van der Waals surface area contributed by atoms with E-state index in [1.54, 1.807) is 0 Å². The maximum absolute atomic E-state index is 12.1. The molecule has 0 saturated carbocycles. The molecule has 0 aliphatic carbocycles. The van der Waals surface area contributed by atoms with Crippen molar-refractivity contribution in [3.8, 4) is 0 Å². The van der Waals surface area contributed by atoms with Crippen LogP contribution in [-0.2, 0) is 4.79 Å². The molecule has 3 nitrogen and oxygen atoms in total. The lowest BCUT2D eigenvalue weighted by Crippen LogP contribution is -2.47. The quantitative estimate of drug-likeness (QED) is 0.922. The Labute approximate surface area is 142 Å². The highest BCUT2D eigenvalue weighted by Crippen LogP contribution is 2.40. The van der Waals surface area contributed by atoms with Gasteiger partial charge in [-0.05, 0) is 30.4 Å². The summed E-state index contributed by atoms with van der Waals surface area (Å²) in [6.07, 6.45) is 5.82. The highest BCUT2D eigenvalue weighted by Gasteiger charge is 2.34. The predicted molar refractivity (Wildman–Crippen MR) is 94.7 cm³/mol. The minimum Gasteiger partial charge on any atom is -0.481 e. The van der Waals surface area contributed by atoms with Gasteiger partial charge in [0.2, 0.25) is 0 Å². The van der Waals surface area contributed by atoms with Crippen LogP contribution in [0, 0.1) is 0 Å². The van der Waals surface area contributed by atoms with Gasteiger partial charge in [-0.3, -0.25) is 4.79 Å². The summed E-state index contributed by atoms with van der Waals surface area (Å²) in [7, 11) is 0. The summed E-state index contributed by atoms with van der Waals surface area (Å²) >= 11 is 0. The van der Waals surface area contributed by atoms with Gasteiger partial charge in [-0.2, -0.15) is 0 Å². The van der Waals surface area contributed by atoms with Gasteiger partial charge in [-0.15, -0.1) is 0 Å². The lowest BCUT2D eigenvalue weighted by atomic mass is 9.84. The third-order valence-corrected chi connectivity index (χ3v) is 5.22. The Morgan fingerprint density at radius 1 is 1.04 bits per heavy atom. The van der Waals surface area contributed by atoms with Crippen LogP contribution in [-0.4, -0.2) is 28.6 Å². The number of benzene rings is 2.